The van der Waals surface area contributed by atoms with Gasteiger partial charge in [-0.15, -0.1) is 0 Å². The van der Waals surface area contributed by atoms with E-state index in [0.717, 1.165) is 5.56 Å². The quantitative estimate of drug-likeness (QED) is 0.784. The minimum absolute atomic E-state index is 0.229. The van der Waals surface area contributed by atoms with Crippen LogP contribution in [-0.2, 0) is 9.59 Å². The van der Waals surface area contributed by atoms with Gasteiger partial charge in [-0.1, -0.05) is 24.6 Å². The number of aryl methyl sites for hydroxylation is 1. The fourth-order valence-corrected chi connectivity index (χ4v) is 1.66. The Morgan fingerprint density at radius 2 is 1.78 bits per heavy atom. The van der Waals surface area contributed by atoms with Gasteiger partial charge in [0.15, 0.2) is 5.60 Å². The van der Waals surface area contributed by atoms with Crippen molar-refractivity contribution in [3.05, 3.63) is 29.8 Å². The van der Waals surface area contributed by atoms with Crippen LogP contribution in [0.3, 0.4) is 0 Å². The first kappa shape index (κ1) is 14.0. The molecule has 18 heavy (non-hydrogen) atoms. The highest BCUT2D eigenvalue weighted by molar-refractivity contribution is 5.90. The molecule has 5 nitrogen and oxygen atoms in total. The second-order valence-corrected chi connectivity index (χ2v) is 4.27. The van der Waals surface area contributed by atoms with E-state index >= 15 is 0 Å². The zero-order chi connectivity index (χ0) is 13.8. The first-order chi connectivity index (χ1) is 8.39. The average molecular weight is 250 g/mol. The molecule has 0 bridgehead atoms. The van der Waals surface area contributed by atoms with Crippen molar-refractivity contribution in [2.45, 2.75) is 32.3 Å². The van der Waals surface area contributed by atoms with Crippen molar-refractivity contribution in [1.82, 2.24) is 0 Å². The minimum atomic E-state index is -1.37. The van der Waals surface area contributed by atoms with Gasteiger partial charge < -0.3 is 16.2 Å². The van der Waals surface area contributed by atoms with Gasteiger partial charge >= 0.3 is 0 Å². The third-order valence-corrected chi connectivity index (χ3v) is 2.81. The Morgan fingerprint density at radius 3 is 2.17 bits per heavy atom. The van der Waals surface area contributed by atoms with E-state index in [0.29, 0.717) is 5.75 Å². The summed E-state index contributed by atoms with van der Waals surface area (Å²) < 4.78 is 5.60. The number of carbonyl (C=O) groups excluding carboxylic acids is 2. The van der Waals surface area contributed by atoms with Gasteiger partial charge in [0.05, 0.1) is 6.42 Å². The van der Waals surface area contributed by atoms with Gasteiger partial charge in [0.2, 0.25) is 5.91 Å². The van der Waals surface area contributed by atoms with E-state index < -0.39 is 17.4 Å². The molecule has 0 spiro atoms. The molecule has 1 aromatic carbocycles. The van der Waals surface area contributed by atoms with E-state index in [1.54, 1.807) is 19.1 Å². The Kier molecular flexibility index (Phi) is 4.31. The summed E-state index contributed by atoms with van der Waals surface area (Å²) >= 11 is 0. The summed E-state index contributed by atoms with van der Waals surface area (Å²) in [6.07, 6.45) is 0.0475. The number of rotatable bonds is 6. The first-order valence-corrected chi connectivity index (χ1v) is 5.73. The summed E-state index contributed by atoms with van der Waals surface area (Å²) in [5.74, 6) is -0.824. The van der Waals surface area contributed by atoms with Crippen LogP contribution in [0.15, 0.2) is 24.3 Å². The Balaban J connectivity index is 3.00. The number of hydrogen-bond acceptors (Lipinski definition) is 3. The van der Waals surface area contributed by atoms with Gasteiger partial charge in [-0.25, -0.2) is 0 Å². The Hall–Kier alpha value is -2.04. The third kappa shape index (κ3) is 3.23. The summed E-state index contributed by atoms with van der Waals surface area (Å²) in [4.78, 5) is 22.6. The van der Waals surface area contributed by atoms with Crippen LogP contribution in [0.2, 0.25) is 0 Å². The maximum Gasteiger partial charge on any atom is 0.262 e. The van der Waals surface area contributed by atoms with Crippen LogP contribution in [0.25, 0.3) is 0 Å². The lowest BCUT2D eigenvalue weighted by Gasteiger charge is -2.29. The molecule has 1 aromatic rings. The number of carbonyl (C=O) groups is 2. The van der Waals surface area contributed by atoms with Crippen LogP contribution in [0, 0.1) is 6.92 Å². The normalized spacial score (nSPS) is 13.7. The van der Waals surface area contributed by atoms with Crippen LogP contribution >= 0.6 is 0 Å². The van der Waals surface area contributed by atoms with E-state index in [1.807, 2.05) is 19.1 Å². The summed E-state index contributed by atoms with van der Waals surface area (Å²) in [5.41, 5.74) is 10.2. The fourth-order valence-electron chi connectivity index (χ4n) is 1.66. The molecule has 0 aromatic heterocycles. The van der Waals surface area contributed by atoms with Crippen LogP contribution < -0.4 is 16.2 Å². The van der Waals surface area contributed by atoms with Crippen LogP contribution in [0.4, 0.5) is 0 Å². The predicted octanol–water partition coefficient (Wildman–Crippen LogP) is 0.883. The molecule has 5 heteroatoms. The summed E-state index contributed by atoms with van der Waals surface area (Å²) in [6, 6.07) is 7.15. The van der Waals surface area contributed by atoms with E-state index in [9.17, 15) is 9.59 Å². The molecule has 0 aliphatic rings. The lowest BCUT2D eigenvalue weighted by atomic mass is 9.94. The number of amides is 2. The van der Waals surface area contributed by atoms with Gasteiger partial charge in [0.1, 0.15) is 5.75 Å². The molecule has 0 saturated heterocycles. The van der Waals surface area contributed by atoms with Crippen LogP contribution in [0.1, 0.15) is 25.3 Å². The maximum absolute atomic E-state index is 11.5. The second-order valence-electron chi connectivity index (χ2n) is 4.27. The minimum Gasteiger partial charge on any atom is -0.477 e. The molecule has 2 amide bonds. The first-order valence-electron chi connectivity index (χ1n) is 5.73. The fraction of sp³-hybridized carbons (Fsp3) is 0.385. The third-order valence-electron chi connectivity index (χ3n) is 2.81. The Bertz CT molecular complexity index is 442. The summed E-state index contributed by atoms with van der Waals surface area (Å²) in [6.45, 7) is 3.66. The number of primary amides is 2. The van der Waals surface area contributed by atoms with Crippen molar-refractivity contribution in [2.75, 3.05) is 0 Å². The number of hydrogen-bond donors (Lipinski definition) is 2. The predicted molar refractivity (Wildman–Crippen MR) is 67.8 cm³/mol. The van der Waals surface area contributed by atoms with Crippen LogP contribution in [-0.4, -0.2) is 17.4 Å². The van der Waals surface area contributed by atoms with E-state index in [4.69, 9.17) is 16.2 Å². The topological polar surface area (TPSA) is 95.4 Å². The summed E-state index contributed by atoms with van der Waals surface area (Å²) in [7, 11) is 0. The van der Waals surface area contributed by atoms with Crippen molar-refractivity contribution >= 4 is 11.8 Å². The highest BCUT2D eigenvalue weighted by Crippen LogP contribution is 2.24. The number of nitrogens with two attached hydrogens (primary N) is 2. The largest absolute Gasteiger partial charge is 0.477 e. The van der Waals surface area contributed by atoms with Gasteiger partial charge in [-0.05, 0) is 25.5 Å². The molecule has 0 radical (unpaired) electrons. The maximum atomic E-state index is 11.5. The summed E-state index contributed by atoms with van der Waals surface area (Å²) in [5, 5.41) is 0. The lowest BCUT2D eigenvalue weighted by molar-refractivity contribution is -0.139. The second kappa shape index (κ2) is 5.53. The Morgan fingerprint density at radius 1 is 1.22 bits per heavy atom. The van der Waals surface area contributed by atoms with Crippen molar-refractivity contribution in [3.8, 4) is 5.75 Å². The lowest BCUT2D eigenvalue weighted by Crippen LogP contribution is -2.51. The molecule has 4 N–H and O–H groups in total. The van der Waals surface area contributed by atoms with Crippen LogP contribution in [0.5, 0.6) is 5.75 Å². The molecule has 98 valence electrons. The van der Waals surface area contributed by atoms with Gasteiger partial charge in [0, 0.05) is 0 Å². The molecule has 0 unspecified atom stereocenters. The molecule has 1 atom stereocenters. The molecular formula is C13H18N2O3. The standard InChI is InChI=1S/C13H18N2O3/c1-3-13(12(15)17,8-11(14)16)18-10-6-4-9(2)5-7-10/h4-7H,3,8H2,1-2H3,(H2,14,16)(H2,15,17)/t13-/m1/s1. The molecule has 0 aliphatic heterocycles. The van der Waals surface area contributed by atoms with Crippen molar-refractivity contribution in [3.63, 3.8) is 0 Å². The van der Waals surface area contributed by atoms with Gasteiger partial charge in [-0.3, -0.25) is 9.59 Å². The van der Waals surface area contributed by atoms with E-state index in [1.165, 1.54) is 0 Å². The molecular weight excluding hydrogens is 232 g/mol. The molecule has 1 rings (SSSR count). The van der Waals surface area contributed by atoms with E-state index in [-0.39, 0.29) is 12.8 Å². The Labute approximate surface area is 106 Å². The SMILES string of the molecule is CC[C@](CC(N)=O)(Oc1ccc(C)cc1)C(N)=O. The zero-order valence-electron chi connectivity index (χ0n) is 10.6. The number of benzene rings is 1. The molecule has 0 heterocycles. The molecule has 0 saturated carbocycles. The molecule has 0 fully saturated rings. The van der Waals surface area contributed by atoms with Crippen molar-refractivity contribution in [2.24, 2.45) is 11.5 Å². The average Bonchev–Trinajstić information content (AvgIpc) is 2.30. The highest BCUT2D eigenvalue weighted by Gasteiger charge is 2.39. The van der Waals surface area contributed by atoms with Gasteiger partial charge in [-0.2, -0.15) is 0 Å². The van der Waals surface area contributed by atoms with Gasteiger partial charge in [0.25, 0.3) is 5.91 Å². The number of ether oxygens (including phenoxy) is 1. The monoisotopic (exact) mass is 250 g/mol. The zero-order valence-corrected chi connectivity index (χ0v) is 10.6. The highest BCUT2D eigenvalue weighted by atomic mass is 16.5. The van der Waals surface area contributed by atoms with Crippen molar-refractivity contribution < 1.29 is 14.3 Å². The molecule has 0 aliphatic carbocycles. The van der Waals surface area contributed by atoms with Crippen molar-refractivity contribution in [1.29, 1.82) is 0 Å². The smallest absolute Gasteiger partial charge is 0.262 e. The van der Waals surface area contributed by atoms with E-state index in [2.05, 4.69) is 0 Å².